The second-order valence-corrected chi connectivity index (χ2v) is 6.45. The van der Waals surface area contributed by atoms with E-state index in [0.29, 0.717) is 11.5 Å². The maximum Gasteiger partial charge on any atom is 0.305 e. The van der Waals surface area contributed by atoms with Crippen LogP contribution in [-0.2, 0) is 17.6 Å². The van der Waals surface area contributed by atoms with Crippen LogP contribution < -0.4 is 4.90 Å². The molecule has 0 radical (unpaired) electrons. The van der Waals surface area contributed by atoms with Crippen molar-refractivity contribution in [1.29, 1.82) is 10.5 Å². The average Bonchev–Trinajstić information content (AvgIpc) is 2.80. The number of aliphatic carboxylic acids is 1. The van der Waals surface area contributed by atoms with Gasteiger partial charge in [0.25, 0.3) is 0 Å². The van der Waals surface area contributed by atoms with Crippen molar-refractivity contribution in [3.63, 3.8) is 0 Å². The molecule has 6 heteroatoms. The van der Waals surface area contributed by atoms with E-state index in [1.807, 2.05) is 0 Å². The number of hydrogen-bond acceptors (Lipinski definition) is 5. The number of carboxylic acid groups (broad SMARTS) is 1. The molecule has 1 atom stereocenters. The van der Waals surface area contributed by atoms with Gasteiger partial charge >= 0.3 is 5.97 Å². The molecule has 1 N–H and O–H groups in total. The summed E-state index contributed by atoms with van der Waals surface area (Å²) in [5.41, 5.74) is 1.75. The monoisotopic (exact) mass is 303 g/mol. The number of rotatable bonds is 5. The van der Waals surface area contributed by atoms with E-state index >= 15 is 0 Å². The molecule has 1 heterocycles. The number of carbonyl (C=O) groups is 1. The molecule has 0 fully saturated rings. The third kappa shape index (κ3) is 3.34. The largest absolute Gasteiger partial charge is 0.481 e. The van der Waals surface area contributed by atoms with Gasteiger partial charge in [-0.3, -0.25) is 4.79 Å². The van der Waals surface area contributed by atoms with E-state index in [9.17, 15) is 10.1 Å². The summed E-state index contributed by atoms with van der Waals surface area (Å²) in [4.78, 5) is 13.7. The highest BCUT2D eigenvalue weighted by Gasteiger charge is 2.26. The standard InChI is InChI=1S/C15H17N3O2S/c1-10-2-3-11-12(9-17)15(21-13(11)8-10)18(7-5-16)6-4-14(19)20/h10H,2-4,6-8H2,1H3,(H,19,20). The van der Waals surface area contributed by atoms with Gasteiger partial charge in [0.2, 0.25) is 0 Å². The van der Waals surface area contributed by atoms with Crippen molar-refractivity contribution in [2.75, 3.05) is 18.0 Å². The lowest BCUT2D eigenvalue weighted by Crippen LogP contribution is -2.26. The highest BCUT2D eigenvalue weighted by molar-refractivity contribution is 7.16. The van der Waals surface area contributed by atoms with E-state index in [4.69, 9.17) is 10.4 Å². The fraction of sp³-hybridized carbons (Fsp3) is 0.533. The maximum atomic E-state index is 10.8. The fourth-order valence-corrected chi connectivity index (χ4v) is 4.13. The number of nitriles is 2. The number of fused-ring (bicyclic) bond motifs is 1. The zero-order valence-electron chi connectivity index (χ0n) is 11.9. The second kappa shape index (κ2) is 6.60. The minimum absolute atomic E-state index is 0.0362. The Balaban J connectivity index is 2.34. The summed E-state index contributed by atoms with van der Waals surface area (Å²) < 4.78 is 0. The molecule has 1 unspecified atom stereocenters. The first-order chi connectivity index (χ1) is 10.1. The van der Waals surface area contributed by atoms with Crippen molar-refractivity contribution in [2.24, 2.45) is 5.92 Å². The Morgan fingerprint density at radius 2 is 2.29 bits per heavy atom. The Kier molecular flexibility index (Phi) is 4.82. The van der Waals surface area contributed by atoms with Crippen molar-refractivity contribution < 1.29 is 9.90 Å². The molecule has 0 amide bonds. The SMILES string of the molecule is CC1CCc2c(sc(N(CC#N)CCC(=O)O)c2C#N)C1. The number of thiophene rings is 1. The highest BCUT2D eigenvalue weighted by Crippen LogP contribution is 2.41. The minimum atomic E-state index is -0.897. The van der Waals surface area contributed by atoms with Crippen LogP contribution >= 0.6 is 11.3 Å². The van der Waals surface area contributed by atoms with Gasteiger partial charge in [0, 0.05) is 11.4 Å². The van der Waals surface area contributed by atoms with Crippen molar-refractivity contribution in [3.05, 3.63) is 16.0 Å². The lowest BCUT2D eigenvalue weighted by Gasteiger charge is -2.19. The van der Waals surface area contributed by atoms with E-state index in [1.165, 1.54) is 4.88 Å². The van der Waals surface area contributed by atoms with Gasteiger partial charge in [0.15, 0.2) is 0 Å². The van der Waals surface area contributed by atoms with Crippen LogP contribution in [0.2, 0.25) is 0 Å². The lowest BCUT2D eigenvalue weighted by atomic mass is 9.88. The Morgan fingerprint density at radius 1 is 1.52 bits per heavy atom. The Labute approximate surface area is 128 Å². The third-order valence-corrected chi connectivity index (χ3v) is 5.06. The summed E-state index contributed by atoms with van der Waals surface area (Å²) >= 11 is 1.55. The van der Waals surface area contributed by atoms with E-state index in [2.05, 4.69) is 19.1 Å². The van der Waals surface area contributed by atoms with Crippen LogP contribution in [0.5, 0.6) is 0 Å². The minimum Gasteiger partial charge on any atom is -0.481 e. The predicted molar refractivity (Wildman–Crippen MR) is 80.3 cm³/mol. The number of anilines is 1. The second-order valence-electron chi connectivity index (χ2n) is 5.37. The molecule has 110 valence electrons. The van der Waals surface area contributed by atoms with Crippen LogP contribution in [0.1, 0.15) is 35.8 Å². The van der Waals surface area contributed by atoms with Crippen LogP contribution in [0.3, 0.4) is 0 Å². The zero-order chi connectivity index (χ0) is 15.4. The summed E-state index contributed by atoms with van der Waals surface area (Å²) in [5.74, 6) is -0.287. The third-order valence-electron chi connectivity index (χ3n) is 3.75. The topological polar surface area (TPSA) is 88.1 Å². The average molecular weight is 303 g/mol. The molecule has 1 aliphatic carbocycles. The van der Waals surface area contributed by atoms with Crippen molar-refractivity contribution >= 4 is 22.3 Å². The van der Waals surface area contributed by atoms with Crippen molar-refractivity contribution in [3.8, 4) is 12.1 Å². The molecule has 0 aromatic carbocycles. The number of nitrogens with zero attached hydrogens (tertiary/aromatic N) is 3. The fourth-order valence-electron chi connectivity index (χ4n) is 2.64. The zero-order valence-corrected chi connectivity index (χ0v) is 12.7. The Hall–Kier alpha value is -2.05. The van der Waals surface area contributed by atoms with E-state index in [-0.39, 0.29) is 19.5 Å². The lowest BCUT2D eigenvalue weighted by molar-refractivity contribution is -0.136. The summed E-state index contributed by atoms with van der Waals surface area (Å²) in [6.45, 7) is 2.56. The van der Waals surface area contributed by atoms with Gasteiger partial charge in [-0.1, -0.05) is 6.92 Å². The maximum absolute atomic E-state index is 10.8. The predicted octanol–water partition coefficient (Wildman–Crippen LogP) is 2.55. The molecule has 1 aromatic heterocycles. The molecule has 0 saturated carbocycles. The van der Waals surface area contributed by atoms with Crippen LogP contribution in [0.4, 0.5) is 5.00 Å². The van der Waals surface area contributed by atoms with Gasteiger partial charge in [-0.05, 0) is 30.7 Å². The number of hydrogen-bond donors (Lipinski definition) is 1. The number of carboxylic acids is 1. The molecule has 0 bridgehead atoms. The first-order valence-electron chi connectivity index (χ1n) is 6.95. The van der Waals surface area contributed by atoms with Crippen molar-refractivity contribution in [2.45, 2.75) is 32.6 Å². The molecule has 1 aromatic rings. The molecular weight excluding hydrogens is 286 g/mol. The molecule has 0 aliphatic heterocycles. The van der Waals surface area contributed by atoms with E-state index in [1.54, 1.807) is 16.2 Å². The Bertz CT molecular complexity index is 624. The highest BCUT2D eigenvalue weighted by atomic mass is 32.1. The van der Waals surface area contributed by atoms with Gasteiger partial charge in [0.05, 0.1) is 18.1 Å². The molecule has 21 heavy (non-hydrogen) atoms. The van der Waals surface area contributed by atoms with Gasteiger partial charge in [0.1, 0.15) is 17.6 Å². The van der Waals surface area contributed by atoms with E-state index < -0.39 is 5.97 Å². The van der Waals surface area contributed by atoms with Gasteiger partial charge in [-0.25, -0.2) is 0 Å². The molecule has 5 nitrogen and oxygen atoms in total. The summed E-state index contributed by atoms with van der Waals surface area (Å²) in [6.07, 6.45) is 2.90. The van der Waals surface area contributed by atoms with Gasteiger partial charge < -0.3 is 10.0 Å². The quantitative estimate of drug-likeness (QED) is 0.844. The normalized spacial score (nSPS) is 16.6. The van der Waals surface area contributed by atoms with E-state index in [0.717, 1.165) is 29.8 Å². The summed E-state index contributed by atoms with van der Waals surface area (Å²) in [5, 5.41) is 28.0. The first-order valence-corrected chi connectivity index (χ1v) is 7.76. The molecule has 0 spiro atoms. The molecular formula is C15H17N3O2S. The molecule has 0 saturated heterocycles. The molecule has 1 aliphatic rings. The van der Waals surface area contributed by atoms with Crippen LogP contribution in [-0.4, -0.2) is 24.2 Å². The summed E-state index contributed by atoms with van der Waals surface area (Å²) in [7, 11) is 0. The van der Waals surface area contributed by atoms with Crippen molar-refractivity contribution in [1.82, 2.24) is 0 Å². The smallest absolute Gasteiger partial charge is 0.305 e. The summed E-state index contributed by atoms with van der Waals surface area (Å²) in [6, 6.07) is 4.32. The van der Waals surface area contributed by atoms with Gasteiger partial charge in [-0.2, -0.15) is 10.5 Å². The van der Waals surface area contributed by atoms with Gasteiger partial charge in [-0.15, -0.1) is 11.3 Å². The van der Waals surface area contributed by atoms with Crippen LogP contribution in [0.25, 0.3) is 0 Å². The van der Waals surface area contributed by atoms with Crippen LogP contribution in [0, 0.1) is 28.6 Å². The first kappa shape index (κ1) is 15.3. The van der Waals surface area contributed by atoms with Crippen LogP contribution in [0.15, 0.2) is 0 Å². The molecule has 2 rings (SSSR count). The Morgan fingerprint density at radius 3 is 2.90 bits per heavy atom.